The second kappa shape index (κ2) is 6.90. The number of pyridine rings is 2. The summed E-state index contributed by atoms with van der Waals surface area (Å²) in [6.07, 6.45) is -0.267. The first-order valence-corrected chi connectivity index (χ1v) is 8.97. The Labute approximate surface area is 154 Å². The van der Waals surface area contributed by atoms with Crippen molar-refractivity contribution in [2.24, 2.45) is 5.92 Å². The highest BCUT2D eigenvalue weighted by atomic mass is 19.1. The molecule has 2 aromatic rings. The van der Waals surface area contributed by atoms with Crippen LogP contribution in [0.4, 0.5) is 9.18 Å². The second-order valence-corrected chi connectivity index (χ2v) is 7.28. The number of carboxylic acid groups (broad SMARTS) is 1. The Bertz CT molecular complexity index is 947. The number of nitrogens with zero attached hydrogens (tertiary/aromatic N) is 3. The van der Waals surface area contributed by atoms with Crippen molar-refractivity contribution in [2.45, 2.75) is 25.0 Å². The molecule has 2 aliphatic heterocycles. The Balaban J connectivity index is 1.55. The molecule has 2 aromatic heterocycles. The summed E-state index contributed by atoms with van der Waals surface area (Å²) in [7, 11) is 0. The number of aliphatic hydroxyl groups excluding tert-OH is 1. The largest absolute Gasteiger partial charge is 0.530 e. The van der Waals surface area contributed by atoms with Gasteiger partial charge in [-0.05, 0) is 12.5 Å². The van der Waals surface area contributed by atoms with Crippen molar-refractivity contribution >= 4 is 17.1 Å². The quantitative estimate of drug-likeness (QED) is 0.728. The summed E-state index contributed by atoms with van der Waals surface area (Å²) in [5, 5.41) is 22.9. The Hall–Kier alpha value is -2.52. The molecule has 3 atom stereocenters. The molecule has 0 aliphatic carbocycles. The molecular formula is C18H20FN4O4-. The number of rotatable bonds is 4. The Morgan fingerprint density at radius 1 is 1.41 bits per heavy atom. The van der Waals surface area contributed by atoms with E-state index in [2.05, 4.69) is 15.2 Å². The molecule has 1 saturated heterocycles. The number of hydrogen-bond acceptors (Lipinski definition) is 6. The van der Waals surface area contributed by atoms with Crippen molar-refractivity contribution in [3.63, 3.8) is 0 Å². The van der Waals surface area contributed by atoms with Crippen molar-refractivity contribution in [2.75, 3.05) is 26.2 Å². The van der Waals surface area contributed by atoms with Gasteiger partial charge in [-0.2, -0.15) is 0 Å². The number of amides is 1. The van der Waals surface area contributed by atoms with Crippen LogP contribution in [0, 0.1) is 11.7 Å². The summed E-state index contributed by atoms with van der Waals surface area (Å²) in [6.45, 7) is 2.12. The molecule has 144 valence electrons. The zero-order valence-electron chi connectivity index (χ0n) is 14.6. The molecule has 0 spiro atoms. The summed E-state index contributed by atoms with van der Waals surface area (Å²) < 4.78 is 16.1. The fourth-order valence-corrected chi connectivity index (χ4v) is 4.28. The highest BCUT2D eigenvalue weighted by Gasteiger charge is 2.33. The lowest BCUT2D eigenvalue weighted by molar-refractivity contribution is -0.251. The van der Waals surface area contributed by atoms with E-state index in [9.17, 15) is 24.2 Å². The predicted octanol–water partition coefficient (Wildman–Crippen LogP) is -0.751. The maximum Gasteiger partial charge on any atom is 0.251 e. The van der Waals surface area contributed by atoms with E-state index in [-0.39, 0.29) is 23.9 Å². The third-order valence-corrected chi connectivity index (χ3v) is 5.57. The molecule has 0 bridgehead atoms. The van der Waals surface area contributed by atoms with Gasteiger partial charge in [0.25, 0.3) is 5.56 Å². The minimum absolute atomic E-state index is 0.109. The predicted molar refractivity (Wildman–Crippen MR) is 92.7 cm³/mol. The average molecular weight is 375 g/mol. The topological polar surface area (TPSA) is 111 Å². The van der Waals surface area contributed by atoms with E-state index >= 15 is 0 Å². The van der Waals surface area contributed by atoms with Crippen LogP contribution < -0.4 is 16.0 Å². The van der Waals surface area contributed by atoms with Gasteiger partial charge in [-0.15, -0.1) is 0 Å². The summed E-state index contributed by atoms with van der Waals surface area (Å²) in [5.74, 6) is -0.877. The SMILES string of the molecule is O=C([O-])NC[C@@H]1CN(CC2Cn3c(=O)ccc4ncc(F)c2c43)CC[C@@H]1O. The van der Waals surface area contributed by atoms with Crippen LogP contribution in [0.5, 0.6) is 0 Å². The Morgan fingerprint density at radius 2 is 2.22 bits per heavy atom. The number of hydrogen-bond donors (Lipinski definition) is 2. The molecule has 8 nitrogen and oxygen atoms in total. The Kier molecular flexibility index (Phi) is 4.56. The number of aliphatic hydroxyl groups is 1. The number of nitrogens with one attached hydrogen (secondary N) is 1. The summed E-state index contributed by atoms with van der Waals surface area (Å²) in [6, 6.07) is 3.05. The van der Waals surface area contributed by atoms with Crippen molar-refractivity contribution in [1.29, 1.82) is 0 Å². The minimum Gasteiger partial charge on any atom is -0.530 e. The highest BCUT2D eigenvalue weighted by Crippen LogP contribution is 2.34. The Morgan fingerprint density at radius 3 is 3.00 bits per heavy atom. The normalized spacial score (nSPS) is 25.0. The number of carbonyl (C=O) groups excluding carboxylic acids is 1. The van der Waals surface area contributed by atoms with Crippen molar-refractivity contribution in [3.05, 3.63) is 40.1 Å². The van der Waals surface area contributed by atoms with Crippen LogP contribution in [-0.4, -0.2) is 57.9 Å². The maximum absolute atomic E-state index is 14.5. The molecular weight excluding hydrogens is 355 g/mol. The zero-order chi connectivity index (χ0) is 19.1. The van der Waals surface area contributed by atoms with Gasteiger partial charge in [-0.1, -0.05) is 0 Å². The maximum atomic E-state index is 14.5. The van der Waals surface area contributed by atoms with E-state index in [0.717, 1.165) is 0 Å². The van der Waals surface area contributed by atoms with Crippen molar-refractivity contribution < 1.29 is 19.4 Å². The number of halogens is 1. The lowest BCUT2D eigenvalue weighted by Crippen LogP contribution is -2.50. The van der Waals surface area contributed by atoms with Crippen molar-refractivity contribution in [3.8, 4) is 0 Å². The molecule has 4 heterocycles. The first-order valence-electron chi connectivity index (χ1n) is 8.97. The van der Waals surface area contributed by atoms with E-state index in [0.29, 0.717) is 49.2 Å². The molecule has 4 rings (SSSR count). The third kappa shape index (κ3) is 3.28. The molecule has 2 aliphatic rings. The number of piperidine rings is 1. The van der Waals surface area contributed by atoms with E-state index in [1.807, 2.05) is 0 Å². The van der Waals surface area contributed by atoms with Crippen LogP contribution in [0.15, 0.2) is 23.1 Å². The van der Waals surface area contributed by atoms with Gasteiger partial charge in [0, 0.05) is 56.2 Å². The molecule has 0 aromatic carbocycles. The van der Waals surface area contributed by atoms with Crippen molar-refractivity contribution in [1.82, 2.24) is 19.8 Å². The van der Waals surface area contributed by atoms with Crippen LogP contribution >= 0.6 is 0 Å². The number of likely N-dealkylation sites (tertiary alicyclic amines) is 1. The molecule has 1 unspecified atom stereocenters. The molecule has 9 heteroatoms. The minimum atomic E-state index is -1.37. The van der Waals surface area contributed by atoms with Crippen LogP contribution in [0.25, 0.3) is 11.0 Å². The van der Waals surface area contributed by atoms with Crippen LogP contribution in [0.3, 0.4) is 0 Å². The van der Waals surface area contributed by atoms with Gasteiger partial charge >= 0.3 is 0 Å². The van der Waals surface area contributed by atoms with Gasteiger partial charge < -0.3 is 29.8 Å². The molecule has 1 fully saturated rings. The van der Waals surface area contributed by atoms with Gasteiger partial charge in [0.15, 0.2) is 0 Å². The lowest BCUT2D eigenvalue weighted by atomic mass is 9.92. The van der Waals surface area contributed by atoms with Crippen LogP contribution in [0.1, 0.15) is 17.9 Å². The van der Waals surface area contributed by atoms with Gasteiger partial charge in [0.05, 0.1) is 23.3 Å². The van der Waals surface area contributed by atoms with Gasteiger partial charge in [-0.3, -0.25) is 9.78 Å². The third-order valence-electron chi connectivity index (χ3n) is 5.57. The molecule has 0 saturated carbocycles. The standard InChI is InChI=1S/C18H21FN4O4/c19-12-6-20-13-1-2-15(25)23-9-11(16(12)17(13)23)8-22-4-3-14(24)10(7-22)5-21-18(26)27/h1-2,6,10-11,14,21,24H,3-5,7-9H2,(H,26,27)/p-1/t10-,11?,14+/m1/s1. The van der Waals surface area contributed by atoms with Gasteiger partial charge in [0.2, 0.25) is 0 Å². The first-order chi connectivity index (χ1) is 12.9. The summed E-state index contributed by atoms with van der Waals surface area (Å²) >= 11 is 0. The first kappa shape index (κ1) is 17.9. The number of aromatic nitrogens is 2. The van der Waals surface area contributed by atoms with E-state index in [1.165, 1.54) is 12.3 Å². The second-order valence-electron chi connectivity index (χ2n) is 7.28. The smallest absolute Gasteiger partial charge is 0.251 e. The average Bonchev–Trinajstić information content (AvgIpc) is 3.02. The zero-order valence-corrected chi connectivity index (χ0v) is 14.6. The fraction of sp³-hybridized carbons (Fsp3) is 0.500. The van der Waals surface area contributed by atoms with E-state index in [1.54, 1.807) is 10.6 Å². The highest BCUT2D eigenvalue weighted by molar-refractivity contribution is 5.80. The van der Waals surface area contributed by atoms with E-state index in [4.69, 9.17) is 0 Å². The molecule has 1 amide bonds. The van der Waals surface area contributed by atoms with Crippen LogP contribution in [0.2, 0.25) is 0 Å². The number of carbonyl (C=O) groups is 1. The summed E-state index contributed by atoms with van der Waals surface area (Å²) in [5.41, 5.74) is 1.48. The fourth-order valence-electron chi connectivity index (χ4n) is 4.28. The summed E-state index contributed by atoms with van der Waals surface area (Å²) in [4.78, 5) is 29.0. The van der Waals surface area contributed by atoms with E-state index < -0.39 is 18.0 Å². The molecule has 2 N–H and O–H groups in total. The monoisotopic (exact) mass is 375 g/mol. The lowest BCUT2D eigenvalue weighted by Gasteiger charge is -2.37. The van der Waals surface area contributed by atoms with Gasteiger partial charge in [0.1, 0.15) is 11.9 Å². The molecule has 0 radical (unpaired) electrons. The van der Waals surface area contributed by atoms with Gasteiger partial charge in [-0.25, -0.2) is 4.39 Å². The van der Waals surface area contributed by atoms with Crippen LogP contribution in [-0.2, 0) is 6.54 Å². The molecule has 27 heavy (non-hydrogen) atoms.